The number of aliphatic imine (C=N–C) groups is 1. The number of likely N-dealkylation sites (tertiary alicyclic amines) is 1. The number of aromatic nitrogens is 2. The van der Waals surface area contributed by atoms with E-state index < -0.39 is 0 Å². The van der Waals surface area contributed by atoms with E-state index in [4.69, 9.17) is 5.73 Å². The molecule has 1 aliphatic heterocycles. The minimum Gasteiger partial charge on any atom is -0.370 e. The number of hydrogen-bond acceptors (Lipinski definition) is 2. The summed E-state index contributed by atoms with van der Waals surface area (Å²) in [6.45, 7) is 9.33. The standard InChI is InChI=1S/C16H29N5.HI/c1-5-14-13(15(6-2)20(4)19-14)11-18-16(17)21-9-7-12(3)8-10-21;/h12H,5-11H2,1-4H3,(H2,17,18);1H. The van der Waals surface area contributed by atoms with Crippen LogP contribution in [0.1, 0.15) is 50.6 Å². The summed E-state index contributed by atoms with van der Waals surface area (Å²) in [6, 6.07) is 0. The lowest BCUT2D eigenvalue weighted by Gasteiger charge is -2.31. The monoisotopic (exact) mass is 419 g/mol. The predicted molar refractivity (Wildman–Crippen MR) is 103 cm³/mol. The average molecular weight is 419 g/mol. The third kappa shape index (κ3) is 4.36. The van der Waals surface area contributed by atoms with Gasteiger partial charge in [0.25, 0.3) is 0 Å². The molecular formula is C16H30IN5. The summed E-state index contributed by atoms with van der Waals surface area (Å²) in [5, 5.41) is 4.59. The number of hydrogen-bond donors (Lipinski definition) is 1. The maximum absolute atomic E-state index is 6.18. The van der Waals surface area contributed by atoms with Gasteiger partial charge < -0.3 is 10.6 Å². The lowest BCUT2D eigenvalue weighted by atomic mass is 10.00. The van der Waals surface area contributed by atoms with E-state index in [-0.39, 0.29) is 24.0 Å². The average Bonchev–Trinajstić information content (AvgIpc) is 2.80. The molecule has 1 aromatic rings. The highest BCUT2D eigenvalue weighted by Gasteiger charge is 2.18. The van der Waals surface area contributed by atoms with Gasteiger partial charge in [-0.15, -0.1) is 24.0 Å². The highest BCUT2D eigenvalue weighted by atomic mass is 127. The molecule has 22 heavy (non-hydrogen) atoms. The van der Waals surface area contributed by atoms with Crippen molar-refractivity contribution in [2.24, 2.45) is 23.7 Å². The molecule has 2 heterocycles. The number of nitrogens with two attached hydrogens (primary N) is 1. The van der Waals surface area contributed by atoms with E-state index in [0.717, 1.165) is 37.5 Å². The van der Waals surface area contributed by atoms with E-state index in [2.05, 4.69) is 35.8 Å². The van der Waals surface area contributed by atoms with Crippen molar-refractivity contribution in [2.45, 2.75) is 53.0 Å². The minimum absolute atomic E-state index is 0. The fourth-order valence-corrected chi connectivity index (χ4v) is 3.07. The van der Waals surface area contributed by atoms with Gasteiger partial charge in [0.05, 0.1) is 12.2 Å². The Labute approximate surface area is 151 Å². The highest BCUT2D eigenvalue weighted by Crippen LogP contribution is 2.18. The number of piperidine rings is 1. The largest absolute Gasteiger partial charge is 0.370 e. The lowest BCUT2D eigenvalue weighted by Crippen LogP contribution is -2.42. The molecule has 0 aliphatic carbocycles. The van der Waals surface area contributed by atoms with Crippen molar-refractivity contribution in [3.63, 3.8) is 0 Å². The van der Waals surface area contributed by atoms with Gasteiger partial charge in [-0.1, -0.05) is 20.8 Å². The van der Waals surface area contributed by atoms with Crippen LogP contribution in [0.2, 0.25) is 0 Å². The van der Waals surface area contributed by atoms with Gasteiger partial charge in [-0.2, -0.15) is 5.10 Å². The third-order valence-corrected chi connectivity index (χ3v) is 4.53. The van der Waals surface area contributed by atoms with Crippen molar-refractivity contribution in [2.75, 3.05) is 13.1 Å². The smallest absolute Gasteiger partial charge is 0.191 e. The molecule has 0 unspecified atom stereocenters. The summed E-state index contributed by atoms with van der Waals surface area (Å²) in [7, 11) is 2.01. The zero-order valence-corrected chi connectivity index (χ0v) is 16.6. The van der Waals surface area contributed by atoms with Crippen LogP contribution in [0.3, 0.4) is 0 Å². The molecule has 1 aliphatic rings. The van der Waals surface area contributed by atoms with Gasteiger partial charge >= 0.3 is 0 Å². The Bertz CT molecular complexity index is 501. The molecule has 0 saturated carbocycles. The van der Waals surface area contributed by atoms with E-state index >= 15 is 0 Å². The normalized spacial score (nSPS) is 16.7. The van der Waals surface area contributed by atoms with Crippen molar-refractivity contribution in [3.05, 3.63) is 17.0 Å². The summed E-state index contributed by atoms with van der Waals surface area (Å²) in [6.07, 6.45) is 4.35. The second kappa shape index (κ2) is 8.74. The van der Waals surface area contributed by atoms with E-state index in [1.54, 1.807) is 0 Å². The number of guanidine groups is 1. The molecule has 0 bridgehead atoms. The lowest BCUT2D eigenvalue weighted by molar-refractivity contribution is 0.277. The Balaban J connectivity index is 0.00000242. The zero-order chi connectivity index (χ0) is 15.4. The number of nitrogens with zero attached hydrogens (tertiary/aromatic N) is 4. The van der Waals surface area contributed by atoms with Crippen LogP contribution in [0, 0.1) is 5.92 Å². The topological polar surface area (TPSA) is 59.4 Å². The minimum atomic E-state index is 0. The summed E-state index contributed by atoms with van der Waals surface area (Å²) in [4.78, 5) is 6.86. The van der Waals surface area contributed by atoms with E-state index in [9.17, 15) is 0 Å². The molecule has 2 N–H and O–H groups in total. The fraction of sp³-hybridized carbons (Fsp3) is 0.750. The number of rotatable bonds is 4. The van der Waals surface area contributed by atoms with Crippen LogP contribution < -0.4 is 5.73 Å². The molecule has 6 heteroatoms. The summed E-state index contributed by atoms with van der Waals surface area (Å²) < 4.78 is 1.99. The Morgan fingerprint density at radius 1 is 1.27 bits per heavy atom. The first-order valence-corrected chi connectivity index (χ1v) is 8.15. The molecule has 2 rings (SSSR count). The molecule has 1 fully saturated rings. The van der Waals surface area contributed by atoms with E-state index in [0.29, 0.717) is 12.5 Å². The molecule has 0 radical (unpaired) electrons. The SMILES string of the molecule is CCc1nn(C)c(CC)c1CN=C(N)N1CCC(C)CC1.I. The van der Waals surface area contributed by atoms with E-state index in [1.165, 1.54) is 24.1 Å². The molecule has 0 amide bonds. The van der Waals surface area contributed by atoms with Gasteiger partial charge in [0.1, 0.15) is 0 Å². The van der Waals surface area contributed by atoms with E-state index in [1.807, 2.05) is 11.7 Å². The Morgan fingerprint density at radius 3 is 2.45 bits per heavy atom. The van der Waals surface area contributed by atoms with Crippen molar-refractivity contribution in [1.29, 1.82) is 0 Å². The molecule has 5 nitrogen and oxygen atoms in total. The quantitative estimate of drug-likeness (QED) is 0.464. The Morgan fingerprint density at radius 2 is 1.91 bits per heavy atom. The first-order valence-electron chi connectivity index (χ1n) is 8.15. The highest BCUT2D eigenvalue weighted by molar-refractivity contribution is 14.0. The Hall–Kier alpha value is -0.790. The van der Waals surface area contributed by atoms with Crippen LogP contribution in [0.15, 0.2) is 4.99 Å². The van der Waals surface area contributed by atoms with Crippen LogP contribution in [-0.4, -0.2) is 33.7 Å². The van der Waals surface area contributed by atoms with Crippen LogP contribution in [0.4, 0.5) is 0 Å². The fourth-order valence-electron chi connectivity index (χ4n) is 3.07. The van der Waals surface area contributed by atoms with Crippen LogP contribution >= 0.6 is 24.0 Å². The van der Waals surface area contributed by atoms with Crippen LogP contribution in [0.5, 0.6) is 0 Å². The molecule has 1 saturated heterocycles. The van der Waals surface area contributed by atoms with Gasteiger partial charge in [0, 0.05) is 31.4 Å². The Kier molecular flexibility index (Phi) is 7.65. The molecule has 0 aromatic carbocycles. The van der Waals surface area contributed by atoms with Crippen molar-refractivity contribution in [3.8, 4) is 0 Å². The summed E-state index contributed by atoms with van der Waals surface area (Å²) >= 11 is 0. The van der Waals surface area contributed by atoms with Crippen LogP contribution in [-0.2, 0) is 26.4 Å². The molecular weight excluding hydrogens is 389 g/mol. The molecule has 0 atom stereocenters. The first kappa shape index (κ1) is 19.3. The summed E-state index contributed by atoms with van der Waals surface area (Å²) in [5.41, 5.74) is 9.87. The van der Waals surface area contributed by atoms with Crippen LogP contribution in [0.25, 0.3) is 0 Å². The first-order chi connectivity index (χ1) is 10.1. The molecule has 0 spiro atoms. The second-order valence-corrected chi connectivity index (χ2v) is 6.05. The zero-order valence-electron chi connectivity index (χ0n) is 14.3. The molecule has 1 aromatic heterocycles. The third-order valence-electron chi connectivity index (χ3n) is 4.53. The number of aryl methyl sites for hydroxylation is 2. The number of halogens is 1. The van der Waals surface area contributed by atoms with Gasteiger partial charge in [0.15, 0.2) is 5.96 Å². The second-order valence-electron chi connectivity index (χ2n) is 6.05. The summed E-state index contributed by atoms with van der Waals surface area (Å²) in [5.74, 6) is 1.50. The van der Waals surface area contributed by atoms with Gasteiger partial charge in [0.2, 0.25) is 0 Å². The maximum atomic E-state index is 6.18. The van der Waals surface area contributed by atoms with Gasteiger partial charge in [-0.05, 0) is 31.6 Å². The predicted octanol–water partition coefficient (Wildman–Crippen LogP) is 2.71. The van der Waals surface area contributed by atoms with Gasteiger partial charge in [-0.3, -0.25) is 4.68 Å². The van der Waals surface area contributed by atoms with Gasteiger partial charge in [-0.25, -0.2) is 4.99 Å². The van der Waals surface area contributed by atoms with Crippen molar-refractivity contribution < 1.29 is 0 Å². The maximum Gasteiger partial charge on any atom is 0.191 e. The van der Waals surface area contributed by atoms with Crippen molar-refractivity contribution in [1.82, 2.24) is 14.7 Å². The molecule has 126 valence electrons. The van der Waals surface area contributed by atoms with Crippen molar-refractivity contribution >= 4 is 29.9 Å².